The first-order valence-corrected chi connectivity index (χ1v) is 14.5. The van der Waals surface area contributed by atoms with Gasteiger partial charge in [0.15, 0.2) is 28.7 Å². The number of allylic oxidation sites excluding steroid dienone is 3. The van der Waals surface area contributed by atoms with Crippen molar-refractivity contribution in [1.29, 1.82) is 0 Å². The smallest absolute Gasteiger partial charge is 0.255 e. The van der Waals surface area contributed by atoms with E-state index in [4.69, 9.17) is 43.2 Å². The number of nitrogens with one attached hydrogen (secondary N) is 3. The van der Waals surface area contributed by atoms with Crippen LogP contribution in [0.25, 0.3) is 0 Å². The minimum Gasteiger partial charge on any atom is -0.490 e. The zero-order valence-electron chi connectivity index (χ0n) is 24.8. The van der Waals surface area contributed by atoms with Gasteiger partial charge in [-0.15, -0.1) is 5.10 Å². The molecule has 1 aliphatic carbocycles. The van der Waals surface area contributed by atoms with E-state index in [0.29, 0.717) is 68.5 Å². The number of halogens is 1. The van der Waals surface area contributed by atoms with Crippen molar-refractivity contribution in [2.24, 2.45) is 32.5 Å². The number of carbonyl (C=O) groups excluding carboxylic acids is 2. The molecule has 5 rings (SSSR count). The molecule has 2 saturated heterocycles. The minimum absolute atomic E-state index is 0.0207. The van der Waals surface area contributed by atoms with E-state index in [1.54, 1.807) is 23.2 Å². The summed E-state index contributed by atoms with van der Waals surface area (Å²) in [7, 11) is 3.03. The monoisotopic (exact) mass is 645 g/mol. The number of piperidine rings is 1. The van der Waals surface area contributed by atoms with Gasteiger partial charge in [0.2, 0.25) is 17.7 Å². The Bertz CT molecular complexity index is 1450. The van der Waals surface area contributed by atoms with Crippen molar-refractivity contribution in [3.63, 3.8) is 0 Å². The van der Waals surface area contributed by atoms with E-state index in [9.17, 15) is 9.59 Å². The zero-order valence-corrected chi connectivity index (χ0v) is 25.6. The van der Waals surface area contributed by atoms with Crippen molar-refractivity contribution in [3.05, 3.63) is 35.4 Å². The predicted molar refractivity (Wildman–Crippen MR) is 163 cm³/mol. The number of nitrogens with zero attached hydrogens (tertiary/aromatic N) is 7. The van der Waals surface area contributed by atoms with Crippen molar-refractivity contribution >= 4 is 40.3 Å². The van der Waals surface area contributed by atoms with Gasteiger partial charge in [-0.05, 0) is 25.3 Å². The Kier molecular flexibility index (Phi) is 9.78. The van der Waals surface area contributed by atoms with E-state index in [2.05, 4.69) is 41.2 Å². The lowest BCUT2D eigenvalue weighted by atomic mass is 9.87. The third kappa shape index (κ3) is 6.99. The second-order valence-corrected chi connectivity index (χ2v) is 11.0. The SMILES string of the molecule is COc1cc(OC)nc(COC2=CC=C(C(=O)N3CCC4(CC3)CNC(NC(=O)C3N=C(Cl)C(N)=NC3=NNN)N4N)CC2)n1. The lowest BCUT2D eigenvalue weighted by molar-refractivity contribution is -0.130. The summed E-state index contributed by atoms with van der Waals surface area (Å²) in [6.07, 6.45) is 5.23. The van der Waals surface area contributed by atoms with Gasteiger partial charge in [0.25, 0.3) is 5.91 Å². The Morgan fingerprint density at radius 2 is 1.89 bits per heavy atom. The number of hydrogen-bond donors (Lipinski definition) is 6. The first-order valence-electron chi connectivity index (χ1n) is 14.1. The molecule has 45 heavy (non-hydrogen) atoms. The fraction of sp³-hybridized carbons (Fsp3) is 0.500. The maximum Gasteiger partial charge on any atom is 0.255 e. The molecule has 3 aliphatic heterocycles. The average Bonchev–Trinajstić information content (AvgIpc) is 3.35. The van der Waals surface area contributed by atoms with E-state index in [1.165, 1.54) is 14.2 Å². The topological polar surface area (TPSA) is 245 Å². The molecule has 0 bridgehead atoms. The van der Waals surface area contributed by atoms with Gasteiger partial charge in [-0.1, -0.05) is 17.7 Å². The molecule has 18 nitrogen and oxygen atoms in total. The second kappa shape index (κ2) is 13.7. The average molecular weight is 646 g/mol. The summed E-state index contributed by atoms with van der Waals surface area (Å²) in [6, 6.07) is 0.413. The summed E-state index contributed by atoms with van der Waals surface area (Å²) >= 11 is 5.99. The molecule has 4 aliphatic rings. The molecule has 1 spiro atoms. The quantitative estimate of drug-likeness (QED) is 0.130. The molecule has 2 unspecified atom stereocenters. The van der Waals surface area contributed by atoms with Crippen LogP contribution in [0, 0.1) is 0 Å². The number of likely N-dealkylation sites (tertiary alicyclic amines) is 1. The Morgan fingerprint density at radius 1 is 1.18 bits per heavy atom. The van der Waals surface area contributed by atoms with E-state index in [0.717, 1.165) is 5.76 Å². The van der Waals surface area contributed by atoms with E-state index < -0.39 is 23.8 Å². The molecular weight excluding hydrogens is 610 g/mol. The first-order chi connectivity index (χ1) is 21.7. The molecule has 2 atom stereocenters. The fourth-order valence-corrected chi connectivity index (χ4v) is 5.58. The summed E-state index contributed by atoms with van der Waals surface area (Å²) in [4.78, 5) is 44.8. The van der Waals surface area contributed by atoms with Gasteiger partial charge in [-0.2, -0.15) is 9.97 Å². The zero-order chi connectivity index (χ0) is 32.1. The van der Waals surface area contributed by atoms with Crippen LogP contribution in [0.5, 0.6) is 11.8 Å². The van der Waals surface area contributed by atoms with Crippen LogP contribution >= 0.6 is 11.6 Å². The third-order valence-corrected chi connectivity index (χ3v) is 8.28. The van der Waals surface area contributed by atoms with Crippen LogP contribution in [0.3, 0.4) is 0 Å². The number of ether oxygens (including phenoxy) is 3. The number of methoxy groups -OCH3 is 2. The first kappa shape index (κ1) is 32.0. The molecule has 19 heteroatoms. The molecular formula is C26H36ClN13O5. The van der Waals surface area contributed by atoms with Gasteiger partial charge in [-0.3, -0.25) is 20.7 Å². The van der Waals surface area contributed by atoms with Crippen molar-refractivity contribution in [3.8, 4) is 11.8 Å². The maximum absolute atomic E-state index is 13.3. The summed E-state index contributed by atoms with van der Waals surface area (Å²) in [6.45, 7) is 1.66. The fourth-order valence-electron chi connectivity index (χ4n) is 5.44. The maximum atomic E-state index is 13.3. The van der Waals surface area contributed by atoms with Crippen LogP contribution in [0.15, 0.2) is 44.6 Å². The lowest BCUT2D eigenvalue weighted by Crippen LogP contribution is -2.63. The number of carbonyl (C=O) groups is 2. The molecule has 1 aromatic rings. The number of hydrazine groups is 2. The molecule has 4 heterocycles. The van der Waals surface area contributed by atoms with Crippen LogP contribution in [-0.2, 0) is 20.9 Å². The van der Waals surface area contributed by atoms with Gasteiger partial charge in [-0.25, -0.2) is 26.4 Å². The van der Waals surface area contributed by atoms with Crippen LogP contribution in [0.1, 0.15) is 31.5 Å². The van der Waals surface area contributed by atoms with Gasteiger partial charge >= 0.3 is 0 Å². The molecule has 2 fully saturated rings. The lowest BCUT2D eigenvalue weighted by Gasteiger charge is -2.43. The summed E-state index contributed by atoms with van der Waals surface area (Å²) < 4.78 is 16.2. The third-order valence-electron chi connectivity index (χ3n) is 7.99. The Labute approximate surface area is 263 Å². The van der Waals surface area contributed by atoms with Crippen molar-refractivity contribution in [2.75, 3.05) is 33.9 Å². The number of hydrazone groups is 1. The number of nitrogens with two attached hydrogens (primary N) is 3. The van der Waals surface area contributed by atoms with E-state index in [1.807, 2.05) is 4.90 Å². The molecule has 9 N–H and O–H groups in total. The molecule has 242 valence electrons. The Morgan fingerprint density at radius 3 is 2.51 bits per heavy atom. The number of rotatable bonds is 9. The van der Waals surface area contributed by atoms with Crippen molar-refractivity contribution < 1.29 is 23.8 Å². The standard InChI is InChI=1S/C26H36ClN13O5/c1-43-17-11-18(44-2)33-16(32-17)12-45-15-5-3-14(4-6-15)24(42)39-9-7-26(8-10-39)13-31-25(40(26)30)36-23(41)19-22(37-38-29)35-21(28)20(27)34-19/h3,5,11,19,25,31,38H,4,6-10,12-13,29-30H2,1-2H3,(H,36,41)(H2,28,35,37). The second-order valence-electron chi connectivity index (χ2n) is 10.6. The number of aliphatic imine (C=N–C) groups is 2. The van der Waals surface area contributed by atoms with Crippen LogP contribution in [0.4, 0.5) is 0 Å². The van der Waals surface area contributed by atoms with Crippen LogP contribution < -0.4 is 43.1 Å². The van der Waals surface area contributed by atoms with Crippen molar-refractivity contribution in [2.45, 2.75) is 50.2 Å². The normalized spacial score (nSPS) is 23.9. The van der Waals surface area contributed by atoms with Crippen LogP contribution in [0.2, 0.25) is 0 Å². The van der Waals surface area contributed by atoms with Gasteiger partial charge in [0.1, 0.15) is 12.9 Å². The summed E-state index contributed by atoms with van der Waals surface area (Å²) in [5.74, 6) is 13.0. The van der Waals surface area contributed by atoms with E-state index >= 15 is 0 Å². The molecule has 0 radical (unpaired) electrons. The number of aromatic nitrogens is 2. The van der Waals surface area contributed by atoms with Crippen LogP contribution in [-0.4, -0.2) is 100 Å². The highest BCUT2D eigenvalue weighted by molar-refractivity contribution is 6.84. The summed E-state index contributed by atoms with van der Waals surface area (Å²) in [5, 5.41) is 11.3. The van der Waals surface area contributed by atoms with E-state index in [-0.39, 0.29) is 29.4 Å². The Hall–Kier alpha value is -4.36. The highest BCUT2D eigenvalue weighted by atomic mass is 35.5. The largest absolute Gasteiger partial charge is 0.490 e. The number of amides is 2. The molecule has 0 saturated carbocycles. The van der Waals surface area contributed by atoms with Crippen molar-refractivity contribution in [1.82, 2.24) is 36.0 Å². The van der Waals surface area contributed by atoms with Gasteiger partial charge in [0, 0.05) is 31.6 Å². The molecule has 1 aromatic heterocycles. The summed E-state index contributed by atoms with van der Waals surface area (Å²) in [5.41, 5.74) is 8.02. The molecule has 2 amide bonds. The molecule has 0 aromatic carbocycles. The highest BCUT2D eigenvalue weighted by Crippen LogP contribution is 2.32. The van der Waals surface area contributed by atoms with Gasteiger partial charge in [0.05, 0.1) is 31.6 Å². The van der Waals surface area contributed by atoms with Gasteiger partial charge < -0.3 is 30.2 Å². The number of hydrogen-bond acceptors (Lipinski definition) is 15. The highest BCUT2D eigenvalue weighted by Gasteiger charge is 2.48. The number of amidine groups is 2. The minimum atomic E-state index is -1.17. The Balaban J connectivity index is 1.13. The predicted octanol–water partition coefficient (Wildman–Crippen LogP) is -1.69.